The number of aliphatic hydroxyl groups excluding tert-OH is 1. The van der Waals surface area contributed by atoms with Crippen molar-refractivity contribution in [3.63, 3.8) is 0 Å². The summed E-state index contributed by atoms with van der Waals surface area (Å²) in [4.78, 5) is 56.7. The van der Waals surface area contributed by atoms with E-state index < -0.39 is 70.4 Å². The number of oxime groups is 1. The number of nitrogens with zero attached hydrogens (tertiary/aromatic N) is 1. The summed E-state index contributed by atoms with van der Waals surface area (Å²) in [5.74, 6) is -2.96. The number of carbonyl (C=O) groups excluding carboxylic acids is 4. The summed E-state index contributed by atoms with van der Waals surface area (Å²) in [6.07, 6.45) is -3.97. The van der Waals surface area contributed by atoms with E-state index in [-0.39, 0.29) is 83.9 Å². The summed E-state index contributed by atoms with van der Waals surface area (Å²) in [5.41, 5.74) is -2.58. The Balaban J connectivity index is 1.57. The van der Waals surface area contributed by atoms with Gasteiger partial charge in [-0.3, -0.25) is 14.4 Å². The van der Waals surface area contributed by atoms with E-state index in [9.17, 15) is 39.6 Å². The van der Waals surface area contributed by atoms with Crippen molar-refractivity contribution in [1.82, 2.24) is 5.32 Å². The van der Waals surface area contributed by atoms with Gasteiger partial charge in [-0.25, -0.2) is 0 Å². The fourth-order valence-electron chi connectivity index (χ4n) is 7.08. The minimum atomic E-state index is -1.80. The van der Waals surface area contributed by atoms with Crippen LogP contribution in [0.4, 0.5) is 0 Å². The lowest BCUT2D eigenvalue weighted by Gasteiger charge is -2.43. The molecule has 49 heavy (non-hydrogen) atoms. The van der Waals surface area contributed by atoms with Gasteiger partial charge in [0.15, 0.2) is 12.1 Å². The van der Waals surface area contributed by atoms with Crippen LogP contribution in [0.25, 0.3) is 0 Å². The molecule has 0 saturated carbocycles. The summed E-state index contributed by atoms with van der Waals surface area (Å²) < 4.78 is 17.7. The average Bonchev–Trinajstić information content (AvgIpc) is 3.05. The first-order valence-electron chi connectivity index (χ1n) is 16.2. The van der Waals surface area contributed by atoms with E-state index in [0.717, 1.165) is 0 Å². The largest absolute Gasteiger partial charge is 0.507 e. The monoisotopic (exact) mass is 682 g/mol. The predicted molar refractivity (Wildman–Crippen MR) is 173 cm³/mol. The number of rotatable bonds is 11. The molecule has 1 saturated heterocycles. The van der Waals surface area contributed by atoms with Crippen molar-refractivity contribution in [2.75, 3.05) is 14.2 Å². The molecule has 2 aromatic rings. The van der Waals surface area contributed by atoms with Crippen LogP contribution in [0.15, 0.2) is 23.4 Å². The van der Waals surface area contributed by atoms with E-state index in [2.05, 4.69) is 10.5 Å². The summed E-state index contributed by atoms with van der Waals surface area (Å²) >= 11 is 0. The minimum absolute atomic E-state index is 0.0157. The molecule has 0 bridgehead atoms. The van der Waals surface area contributed by atoms with E-state index in [4.69, 9.17) is 19.0 Å². The maximum Gasteiger partial charge on any atom is 0.220 e. The quantitative estimate of drug-likeness (QED) is 0.112. The highest BCUT2D eigenvalue weighted by Crippen LogP contribution is 2.52. The molecule has 3 aliphatic rings. The number of ketones is 3. The fourth-order valence-corrected chi connectivity index (χ4v) is 7.08. The molecule has 0 aromatic heterocycles. The van der Waals surface area contributed by atoms with Crippen LogP contribution < -0.4 is 10.1 Å². The first-order chi connectivity index (χ1) is 23.3. The Hall–Kier alpha value is -4.37. The number of fused-ring (bicyclic) bond motifs is 3. The lowest BCUT2D eigenvalue weighted by atomic mass is 9.71. The molecule has 1 fully saturated rings. The molecule has 2 aliphatic carbocycles. The molecule has 2 aromatic carbocycles. The summed E-state index contributed by atoms with van der Waals surface area (Å²) in [6.45, 7) is 4.78. The molecule has 14 nitrogen and oxygen atoms in total. The molecule has 1 aliphatic heterocycles. The van der Waals surface area contributed by atoms with Crippen LogP contribution in [0, 0.1) is 0 Å². The summed E-state index contributed by atoms with van der Waals surface area (Å²) in [7, 11) is 2.66. The Morgan fingerprint density at radius 3 is 2.45 bits per heavy atom. The number of ether oxygens (including phenoxy) is 3. The van der Waals surface area contributed by atoms with E-state index in [1.807, 2.05) is 0 Å². The van der Waals surface area contributed by atoms with Gasteiger partial charge < -0.3 is 49.6 Å². The number of phenolic OH excluding ortho intramolecular Hbond substituents is 2. The van der Waals surface area contributed by atoms with Crippen molar-refractivity contribution in [2.45, 2.75) is 102 Å². The molecule has 5 rings (SSSR count). The molecule has 0 spiro atoms. The van der Waals surface area contributed by atoms with Crippen molar-refractivity contribution >= 4 is 29.0 Å². The number of Topliss-reactive ketones (excluding diaryl/α,β-unsaturated/α-hetero) is 1. The molecule has 14 heteroatoms. The standard InChI is InChI=1S/C35H42N2O12/c1-6-23(37-47-5)35(45)14-19-27(34(44)29-28(32(19)42)31(41)18-10-8-11-21(46-4)26(18)33(29)43)22(15-35)49-25-13-20(30(40)17(3)48-25)36-24(39)12-7-9-16(2)38/h8,10-11,17,20,22,25,30,40,42,44-45H,6-7,9,12-15H2,1-5H3,(H,36,39)/b37-23-/t17?,20?,22-,25?,30?,35-/m0/s1. The number of hydrogen-bond acceptors (Lipinski definition) is 13. The van der Waals surface area contributed by atoms with E-state index in [1.165, 1.54) is 39.3 Å². The lowest BCUT2D eigenvalue weighted by molar-refractivity contribution is -0.248. The van der Waals surface area contributed by atoms with E-state index in [1.54, 1.807) is 13.8 Å². The summed E-state index contributed by atoms with van der Waals surface area (Å²) in [6, 6.07) is 3.65. The number of methoxy groups -OCH3 is 1. The average molecular weight is 683 g/mol. The Labute approximate surface area is 283 Å². The smallest absolute Gasteiger partial charge is 0.220 e. The van der Waals surface area contributed by atoms with Crippen LogP contribution in [0.3, 0.4) is 0 Å². The molecule has 1 heterocycles. The number of nitrogens with one attached hydrogen (secondary N) is 1. The highest BCUT2D eigenvalue weighted by molar-refractivity contribution is 6.31. The van der Waals surface area contributed by atoms with Gasteiger partial charge in [-0.15, -0.1) is 0 Å². The van der Waals surface area contributed by atoms with Crippen molar-refractivity contribution in [3.8, 4) is 17.2 Å². The van der Waals surface area contributed by atoms with Crippen LogP contribution in [-0.4, -0.2) is 93.8 Å². The van der Waals surface area contributed by atoms with Crippen LogP contribution in [0.5, 0.6) is 17.2 Å². The SMILES string of the molecule is CC/C(=N/OC)[C@]1(O)Cc2c(O)c3c(c(O)c2[C@@H](OC2CC(NC(=O)CCCC(C)=O)C(O)C(C)O2)C1)C(=O)c1c(OC)cccc1C3=O. The van der Waals surface area contributed by atoms with Gasteiger partial charge in [0, 0.05) is 48.8 Å². The molecule has 0 radical (unpaired) electrons. The molecule has 6 atom stereocenters. The zero-order chi connectivity index (χ0) is 35.8. The van der Waals surface area contributed by atoms with E-state index >= 15 is 0 Å². The number of amides is 1. The number of hydrogen-bond donors (Lipinski definition) is 5. The van der Waals surface area contributed by atoms with Gasteiger partial charge in [0.05, 0.1) is 47.8 Å². The van der Waals surface area contributed by atoms with Crippen LogP contribution in [0.1, 0.15) is 108 Å². The van der Waals surface area contributed by atoms with Crippen LogP contribution in [0.2, 0.25) is 0 Å². The zero-order valence-electron chi connectivity index (χ0n) is 28.1. The summed E-state index contributed by atoms with van der Waals surface area (Å²) in [5, 5.41) is 53.2. The lowest BCUT2D eigenvalue weighted by Crippen LogP contribution is -2.55. The highest BCUT2D eigenvalue weighted by atomic mass is 16.7. The van der Waals surface area contributed by atoms with Gasteiger partial charge >= 0.3 is 0 Å². The Morgan fingerprint density at radius 2 is 1.80 bits per heavy atom. The molecular formula is C35H42N2O12. The second kappa shape index (κ2) is 14.2. The van der Waals surface area contributed by atoms with Gasteiger partial charge in [0.25, 0.3) is 0 Å². The molecule has 264 valence electrons. The second-order valence-corrected chi connectivity index (χ2v) is 12.7. The predicted octanol–water partition coefficient (Wildman–Crippen LogP) is 2.77. The topological polar surface area (TPSA) is 211 Å². The third kappa shape index (κ3) is 6.65. The van der Waals surface area contributed by atoms with Gasteiger partial charge in [-0.2, -0.15) is 0 Å². The van der Waals surface area contributed by atoms with Crippen molar-refractivity contribution in [1.29, 1.82) is 0 Å². The molecule has 1 amide bonds. The van der Waals surface area contributed by atoms with Crippen LogP contribution >= 0.6 is 0 Å². The van der Waals surface area contributed by atoms with Crippen molar-refractivity contribution in [2.24, 2.45) is 5.16 Å². The van der Waals surface area contributed by atoms with E-state index in [0.29, 0.717) is 6.42 Å². The number of aliphatic hydroxyl groups is 2. The number of aromatic hydroxyl groups is 2. The zero-order valence-corrected chi connectivity index (χ0v) is 28.1. The van der Waals surface area contributed by atoms with Crippen molar-refractivity contribution in [3.05, 3.63) is 51.6 Å². The first kappa shape index (κ1) is 35.9. The Morgan fingerprint density at radius 1 is 1.08 bits per heavy atom. The Bertz CT molecular complexity index is 1700. The first-order valence-corrected chi connectivity index (χ1v) is 16.2. The van der Waals surface area contributed by atoms with Gasteiger partial charge in [0.2, 0.25) is 11.7 Å². The number of benzene rings is 2. The second-order valence-electron chi connectivity index (χ2n) is 12.7. The molecule has 5 N–H and O–H groups in total. The number of carbonyl (C=O) groups is 4. The fraction of sp³-hybridized carbons (Fsp3) is 0.514. The maximum absolute atomic E-state index is 14.0. The minimum Gasteiger partial charge on any atom is -0.507 e. The van der Waals surface area contributed by atoms with Crippen LogP contribution in [-0.2, 0) is 30.3 Å². The number of phenols is 2. The van der Waals surface area contributed by atoms with Gasteiger partial charge in [-0.1, -0.05) is 24.2 Å². The van der Waals surface area contributed by atoms with Crippen molar-refractivity contribution < 1.29 is 58.7 Å². The molecule has 4 unspecified atom stereocenters. The highest BCUT2D eigenvalue weighted by Gasteiger charge is 2.49. The normalized spacial score (nSPS) is 26.3. The molecular weight excluding hydrogens is 640 g/mol. The Kier molecular flexibility index (Phi) is 10.4. The maximum atomic E-state index is 14.0. The third-order valence-corrected chi connectivity index (χ3v) is 9.45. The van der Waals surface area contributed by atoms with Gasteiger partial charge in [-0.05, 0) is 32.8 Å². The third-order valence-electron chi connectivity index (χ3n) is 9.45. The van der Waals surface area contributed by atoms with Gasteiger partial charge in [0.1, 0.15) is 41.8 Å².